The van der Waals surface area contributed by atoms with E-state index in [9.17, 15) is 4.79 Å². The van der Waals surface area contributed by atoms with Gasteiger partial charge in [0.15, 0.2) is 0 Å². The summed E-state index contributed by atoms with van der Waals surface area (Å²) >= 11 is 7.82. The predicted octanol–water partition coefficient (Wildman–Crippen LogP) is 3.84. The van der Waals surface area contributed by atoms with E-state index < -0.39 is 5.97 Å². The molecule has 0 aliphatic heterocycles. The molecule has 0 unspecified atom stereocenters. The van der Waals surface area contributed by atoms with Crippen LogP contribution in [0.2, 0.25) is 5.02 Å². The lowest BCUT2D eigenvalue weighted by molar-refractivity contribution is -0.131. The maximum atomic E-state index is 10.5. The summed E-state index contributed by atoms with van der Waals surface area (Å²) in [5.41, 5.74) is 4.54. The van der Waals surface area contributed by atoms with Gasteiger partial charge < -0.3 is 10.0 Å². The van der Waals surface area contributed by atoms with Crippen molar-refractivity contribution in [3.63, 3.8) is 0 Å². The monoisotopic (exact) mass is 322 g/mol. The highest BCUT2D eigenvalue weighted by molar-refractivity contribution is 7.09. The van der Waals surface area contributed by atoms with E-state index in [0.29, 0.717) is 10.6 Å². The molecule has 0 aliphatic carbocycles. The minimum absolute atomic E-state index is 0.526. The average molecular weight is 323 g/mol. The highest BCUT2D eigenvalue weighted by Crippen LogP contribution is 2.26. The Labute approximate surface area is 132 Å². The van der Waals surface area contributed by atoms with Gasteiger partial charge in [-0.15, -0.1) is 11.3 Å². The SMILES string of the molecule is Cc1ncsc1CN(C)c1ccc(/C=C/C(=O)O)c(Cl)c1. The molecule has 0 fully saturated rings. The van der Waals surface area contributed by atoms with E-state index in [-0.39, 0.29) is 0 Å². The van der Waals surface area contributed by atoms with Crippen molar-refractivity contribution in [1.29, 1.82) is 0 Å². The summed E-state index contributed by atoms with van der Waals surface area (Å²) in [5, 5.41) is 9.16. The average Bonchev–Trinajstić information content (AvgIpc) is 2.82. The fourth-order valence-corrected chi connectivity index (χ4v) is 2.90. The number of carboxylic acid groups (broad SMARTS) is 1. The quantitative estimate of drug-likeness (QED) is 0.850. The third kappa shape index (κ3) is 4.06. The largest absolute Gasteiger partial charge is 0.478 e. The topological polar surface area (TPSA) is 53.4 Å². The second kappa shape index (κ2) is 6.74. The standard InChI is InChI=1S/C15H15ClN2O2S/c1-10-14(21-9-17-10)8-18(2)12-5-3-11(13(16)7-12)4-6-15(19)20/h3-7,9H,8H2,1-2H3,(H,19,20)/b6-4+. The third-order valence-electron chi connectivity index (χ3n) is 3.06. The zero-order chi connectivity index (χ0) is 15.4. The Morgan fingerprint density at radius 1 is 1.52 bits per heavy atom. The zero-order valence-corrected chi connectivity index (χ0v) is 13.3. The lowest BCUT2D eigenvalue weighted by Crippen LogP contribution is -2.16. The Bertz CT molecular complexity index is 682. The second-order valence-corrected chi connectivity index (χ2v) is 5.94. The minimum atomic E-state index is -0.993. The van der Waals surface area contributed by atoms with Crippen molar-refractivity contribution < 1.29 is 9.90 Å². The number of nitrogens with zero attached hydrogens (tertiary/aromatic N) is 2. The van der Waals surface area contributed by atoms with Gasteiger partial charge in [0.1, 0.15) is 0 Å². The summed E-state index contributed by atoms with van der Waals surface area (Å²) < 4.78 is 0. The van der Waals surface area contributed by atoms with Crippen molar-refractivity contribution in [2.45, 2.75) is 13.5 Å². The fraction of sp³-hybridized carbons (Fsp3) is 0.200. The molecule has 4 nitrogen and oxygen atoms in total. The van der Waals surface area contributed by atoms with Gasteiger partial charge in [0, 0.05) is 28.7 Å². The van der Waals surface area contributed by atoms with E-state index in [4.69, 9.17) is 16.7 Å². The molecule has 0 aliphatic rings. The molecule has 1 aromatic carbocycles. The van der Waals surface area contributed by atoms with E-state index in [1.807, 2.05) is 37.7 Å². The number of halogens is 1. The van der Waals surface area contributed by atoms with E-state index in [1.165, 1.54) is 11.0 Å². The molecule has 0 amide bonds. The van der Waals surface area contributed by atoms with Crippen LogP contribution in [-0.4, -0.2) is 23.1 Å². The molecule has 0 saturated heterocycles. The lowest BCUT2D eigenvalue weighted by Gasteiger charge is -2.19. The number of aromatic nitrogens is 1. The molecule has 21 heavy (non-hydrogen) atoms. The van der Waals surface area contributed by atoms with E-state index in [2.05, 4.69) is 9.88 Å². The number of thiazole rings is 1. The van der Waals surface area contributed by atoms with Crippen LogP contribution in [0.15, 0.2) is 29.8 Å². The maximum absolute atomic E-state index is 10.5. The van der Waals surface area contributed by atoms with Crippen molar-refractivity contribution in [3.8, 4) is 0 Å². The van der Waals surface area contributed by atoms with Crippen LogP contribution in [0.5, 0.6) is 0 Å². The first-order valence-corrected chi connectivity index (χ1v) is 7.54. The summed E-state index contributed by atoms with van der Waals surface area (Å²) in [7, 11) is 1.98. The van der Waals surface area contributed by atoms with E-state index >= 15 is 0 Å². The van der Waals surface area contributed by atoms with E-state index in [1.54, 1.807) is 11.3 Å². The number of rotatable bonds is 5. The van der Waals surface area contributed by atoms with Crippen LogP contribution in [-0.2, 0) is 11.3 Å². The highest BCUT2D eigenvalue weighted by atomic mass is 35.5. The summed E-state index contributed by atoms with van der Waals surface area (Å²) in [5.74, 6) is -0.993. The first-order chi connectivity index (χ1) is 9.97. The zero-order valence-electron chi connectivity index (χ0n) is 11.7. The van der Waals surface area contributed by atoms with Crippen LogP contribution in [0.4, 0.5) is 5.69 Å². The maximum Gasteiger partial charge on any atom is 0.328 e. The Hall–Kier alpha value is -1.85. The van der Waals surface area contributed by atoms with Gasteiger partial charge >= 0.3 is 5.97 Å². The fourth-order valence-electron chi connectivity index (χ4n) is 1.83. The van der Waals surface area contributed by atoms with Crippen LogP contribution in [0.1, 0.15) is 16.1 Å². The smallest absolute Gasteiger partial charge is 0.328 e. The molecular weight excluding hydrogens is 308 g/mol. The van der Waals surface area contributed by atoms with Crippen molar-refractivity contribution in [2.24, 2.45) is 0 Å². The first-order valence-electron chi connectivity index (χ1n) is 6.28. The van der Waals surface area contributed by atoms with Crippen molar-refractivity contribution in [3.05, 3.63) is 50.9 Å². The van der Waals surface area contributed by atoms with Crippen LogP contribution in [0.25, 0.3) is 6.08 Å². The van der Waals surface area contributed by atoms with Gasteiger partial charge in [-0.05, 0) is 30.7 Å². The normalized spacial score (nSPS) is 11.0. The Kier molecular flexibility index (Phi) is 4.98. The Morgan fingerprint density at radius 2 is 2.29 bits per heavy atom. The molecule has 1 aromatic heterocycles. The molecule has 0 bridgehead atoms. The summed E-state index contributed by atoms with van der Waals surface area (Å²) in [6.45, 7) is 2.75. The van der Waals surface area contributed by atoms with Crippen LogP contribution < -0.4 is 4.90 Å². The van der Waals surface area contributed by atoms with Gasteiger partial charge in [-0.2, -0.15) is 0 Å². The van der Waals surface area contributed by atoms with Crippen molar-refractivity contribution in [2.75, 3.05) is 11.9 Å². The molecule has 2 rings (SSSR count). The summed E-state index contributed by atoms with van der Waals surface area (Å²) in [6.07, 6.45) is 2.56. The molecule has 0 atom stereocenters. The first kappa shape index (κ1) is 15.5. The van der Waals surface area contributed by atoms with Gasteiger partial charge in [-0.25, -0.2) is 9.78 Å². The molecule has 1 N–H and O–H groups in total. The number of benzene rings is 1. The number of hydrogen-bond donors (Lipinski definition) is 1. The van der Waals surface area contributed by atoms with Crippen molar-refractivity contribution in [1.82, 2.24) is 4.98 Å². The third-order valence-corrected chi connectivity index (χ3v) is 4.30. The van der Waals surface area contributed by atoms with Gasteiger partial charge in [0.25, 0.3) is 0 Å². The Morgan fingerprint density at radius 3 is 2.86 bits per heavy atom. The van der Waals surface area contributed by atoms with E-state index in [0.717, 1.165) is 24.0 Å². The summed E-state index contributed by atoms with van der Waals surface area (Å²) in [6, 6.07) is 5.57. The van der Waals surface area contributed by atoms with Crippen LogP contribution >= 0.6 is 22.9 Å². The lowest BCUT2D eigenvalue weighted by atomic mass is 10.1. The number of aryl methyl sites for hydroxylation is 1. The van der Waals surface area contributed by atoms with Crippen LogP contribution in [0.3, 0.4) is 0 Å². The van der Waals surface area contributed by atoms with Gasteiger partial charge in [-0.3, -0.25) is 0 Å². The molecule has 110 valence electrons. The molecule has 2 aromatic rings. The van der Waals surface area contributed by atoms with Gasteiger partial charge in [-0.1, -0.05) is 17.7 Å². The molecule has 0 radical (unpaired) electrons. The number of anilines is 1. The minimum Gasteiger partial charge on any atom is -0.478 e. The molecule has 1 heterocycles. The molecular formula is C15H15ClN2O2S. The number of hydrogen-bond acceptors (Lipinski definition) is 4. The van der Waals surface area contributed by atoms with Crippen LogP contribution in [0, 0.1) is 6.92 Å². The van der Waals surface area contributed by atoms with Gasteiger partial charge in [0.05, 0.1) is 17.7 Å². The number of carboxylic acids is 1. The Balaban J connectivity index is 2.15. The molecule has 0 spiro atoms. The summed E-state index contributed by atoms with van der Waals surface area (Å²) in [4.78, 5) is 18.1. The highest BCUT2D eigenvalue weighted by Gasteiger charge is 2.08. The second-order valence-electron chi connectivity index (χ2n) is 4.59. The molecule has 0 saturated carbocycles. The number of carbonyl (C=O) groups is 1. The predicted molar refractivity (Wildman–Crippen MR) is 87.1 cm³/mol. The van der Waals surface area contributed by atoms with Gasteiger partial charge in [0.2, 0.25) is 0 Å². The van der Waals surface area contributed by atoms with Crippen molar-refractivity contribution >= 4 is 40.7 Å². The number of aliphatic carboxylic acids is 1. The molecule has 6 heteroatoms.